The molecule has 0 amide bonds. The summed E-state index contributed by atoms with van der Waals surface area (Å²) in [5.41, 5.74) is 2.26. The van der Waals surface area contributed by atoms with Crippen molar-refractivity contribution in [1.29, 1.82) is 0 Å². The lowest BCUT2D eigenvalue weighted by molar-refractivity contribution is 0.395. The highest BCUT2D eigenvalue weighted by Crippen LogP contribution is 2.35. The number of hydrogen-bond donors (Lipinski definition) is 0. The lowest BCUT2D eigenvalue weighted by Gasteiger charge is -2.18. The normalized spacial score (nSPS) is 18.1. The average molecular weight is 238 g/mol. The quantitative estimate of drug-likeness (QED) is 0.714. The van der Waals surface area contributed by atoms with Crippen LogP contribution in [-0.4, -0.2) is 15.1 Å². The lowest BCUT2D eigenvalue weighted by atomic mass is 9.86. The number of halogens is 1. The molecule has 0 aliphatic heterocycles. The topological polar surface area (TPSA) is 51.8 Å². The van der Waals surface area contributed by atoms with E-state index in [0.29, 0.717) is 16.7 Å². The highest BCUT2D eigenvalue weighted by Gasteiger charge is 2.23. The van der Waals surface area contributed by atoms with Crippen LogP contribution in [0.25, 0.3) is 11.1 Å². The first-order chi connectivity index (χ1) is 7.86. The Labute approximate surface area is 98.0 Å². The van der Waals surface area contributed by atoms with E-state index in [4.69, 9.17) is 16.1 Å². The zero-order valence-electron chi connectivity index (χ0n) is 8.82. The summed E-state index contributed by atoms with van der Waals surface area (Å²) in [6.45, 7) is 0. The highest BCUT2D eigenvalue weighted by atomic mass is 35.5. The first kappa shape index (κ1) is 10.0. The standard InChI is InChI=1S/C11H12ClN3O/c12-11-10-9(13-6-14-11)8(15-16-10)7-4-2-1-3-5-7/h6-7H,1-5H2. The van der Waals surface area contributed by atoms with Crippen molar-refractivity contribution in [3.05, 3.63) is 17.2 Å². The zero-order valence-corrected chi connectivity index (χ0v) is 9.57. The third kappa shape index (κ3) is 1.57. The number of hydrogen-bond acceptors (Lipinski definition) is 4. The molecule has 84 valence electrons. The molecule has 3 rings (SSSR count). The smallest absolute Gasteiger partial charge is 0.222 e. The molecule has 2 aromatic heterocycles. The van der Waals surface area contributed by atoms with Crippen molar-refractivity contribution in [2.75, 3.05) is 0 Å². The summed E-state index contributed by atoms with van der Waals surface area (Å²) < 4.78 is 5.23. The summed E-state index contributed by atoms with van der Waals surface area (Å²) >= 11 is 5.92. The minimum absolute atomic E-state index is 0.347. The van der Waals surface area contributed by atoms with Crippen LogP contribution in [0.1, 0.15) is 43.7 Å². The van der Waals surface area contributed by atoms with E-state index in [9.17, 15) is 0 Å². The van der Waals surface area contributed by atoms with Gasteiger partial charge in [-0.1, -0.05) is 36.0 Å². The second kappa shape index (κ2) is 4.01. The molecule has 0 radical (unpaired) electrons. The molecule has 1 aliphatic carbocycles. The van der Waals surface area contributed by atoms with Crippen LogP contribution in [-0.2, 0) is 0 Å². The van der Waals surface area contributed by atoms with Crippen molar-refractivity contribution in [3.8, 4) is 0 Å². The second-order valence-electron chi connectivity index (χ2n) is 4.24. The molecule has 0 N–H and O–H groups in total. The third-order valence-electron chi connectivity index (χ3n) is 3.23. The maximum absolute atomic E-state index is 5.92. The second-order valence-corrected chi connectivity index (χ2v) is 4.60. The minimum atomic E-state index is 0.347. The Hall–Kier alpha value is -1.16. The Morgan fingerprint density at radius 1 is 1.19 bits per heavy atom. The fourth-order valence-corrected chi connectivity index (χ4v) is 2.57. The molecule has 2 aromatic rings. The summed E-state index contributed by atoms with van der Waals surface area (Å²) in [5, 5.41) is 4.46. The Balaban J connectivity index is 2.06. The van der Waals surface area contributed by atoms with Crippen LogP contribution in [0.3, 0.4) is 0 Å². The van der Waals surface area contributed by atoms with Gasteiger partial charge in [-0.05, 0) is 12.8 Å². The van der Waals surface area contributed by atoms with Gasteiger partial charge < -0.3 is 4.52 Å². The SMILES string of the molecule is Clc1ncnc2c(C3CCCCC3)noc12. The summed E-state index contributed by atoms with van der Waals surface area (Å²) in [7, 11) is 0. The summed E-state index contributed by atoms with van der Waals surface area (Å²) in [5.74, 6) is 0.473. The largest absolute Gasteiger partial charge is 0.351 e. The van der Waals surface area contributed by atoms with Gasteiger partial charge in [-0.2, -0.15) is 0 Å². The van der Waals surface area contributed by atoms with Gasteiger partial charge >= 0.3 is 0 Å². The molecule has 1 saturated carbocycles. The average Bonchev–Trinajstić information content (AvgIpc) is 2.75. The van der Waals surface area contributed by atoms with E-state index >= 15 is 0 Å². The van der Waals surface area contributed by atoms with E-state index in [1.807, 2.05) is 0 Å². The number of rotatable bonds is 1. The Morgan fingerprint density at radius 3 is 2.81 bits per heavy atom. The van der Waals surface area contributed by atoms with E-state index in [2.05, 4.69) is 15.1 Å². The first-order valence-electron chi connectivity index (χ1n) is 5.62. The van der Waals surface area contributed by atoms with E-state index in [-0.39, 0.29) is 0 Å². The monoisotopic (exact) mass is 237 g/mol. The summed E-state index contributed by atoms with van der Waals surface area (Å²) in [6.07, 6.45) is 7.65. The van der Waals surface area contributed by atoms with Gasteiger partial charge in [-0.3, -0.25) is 0 Å². The van der Waals surface area contributed by atoms with Crippen molar-refractivity contribution >= 4 is 22.7 Å². The van der Waals surface area contributed by atoms with Crippen LogP contribution in [0.15, 0.2) is 10.9 Å². The molecular weight excluding hydrogens is 226 g/mol. The molecule has 0 bridgehead atoms. The van der Waals surface area contributed by atoms with Gasteiger partial charge in [0.05, 0.1) is 0 Å². The summed E-state index contributed by atoms with van der Waals surface area (Å²) in [4.78, 5) is 8.11. The number of aromatic nitrogens is 3. The molecule has 0 unspecified atom stereocenters. The van der Waals surface area contributed by atoms with E-state index in [1.165, 1.54) is 38.4 Å². The molecule has 5 heteroatoms. The molecule has 4 nitrogen and oxygen atoms in total. The lowest BCUT2D eigenvalue weighted by Crippen LogP contribution is -2.05. The first-order valence-corrected chi connectivity index (χ1v) is 6.00. The van der Waals surface area contributed by atoms with Gasteiger partial charge in [0.1, 0.15) is 17.5 Å². The maximum Gasteiger partial charge on any atom is 0.222 e. The Kier molecular flexibility index (Phi) is 2.52. The van der Waals surface area contributed by atoms with Crippen LogP contribution in [0.4, 0.5) is 0 Å². The zero-order chi connectivity index (χ0) is 11.0. The van der Waals surface area contributed by atoms with Crippen LogP contribution >= 0.6 is 11.6 Å². The van der Waals surface area contributed by atoms with Gasteiger partial charge in [0.2, 0.25) is 5.58 Å². The molecule has 2 heterocycles. The van der Waals surface area contributed by atoms with Crippen LogP contribution < -0.4 is 0 Å². The third-order valence-corrected chi connectivity index (χ3v) is 3.50. The van der Waals surface area contributed by atoms with Gasteiger partial charge in [0.15, 0.2) is 5.15 Å². The van der Waals surface area contributed by atoms with Gasteiger partial charge in [-0.15, -0.1) is 0 Å². The van der Waals surface area contributed by atoms with Crippen molar-refractivity contribution in [1.82, 2.24) is 15.1 Å². The molecule has 1 fully saturated rings. The van der Waals surface area contributed by atoms with E-state index in [0.717, 1.165) is 11.2 Å². The van der Waals surface area contributed by atoms with Gasteiger partial charge in [0.25, 0.3) is 0 Å². The van der Waals surface area contributed by atoms with Crippen molar-refractivity contribution < 1.29 is 4.52 Å². The molecule has 0 atom stereocenters. The van der Waals surface area contributed by atoms with Crippen molar-refractivity contribution in [3.63, 3.8) is 0 Å². The number of nitrogens with zero attached hydrogens (tertiary/aromatic N) is 3. The molecule has 16 heavy (non-hydrogen) atoms. The van der Waals surface area contributed by atoms with Crippen molar-refractivity contribution in [2.45, 2.75) is 38.0 Å². The summed E-state index contributed by atoms with van der Waals surface area (Å²) in [6, 6.07) is 0. The minimum Gasteiger partial charge on any atom is -0.351 e. The number of fused-ring (bicyclic) bond motifs is 1. The predicted molar refractivity (Wildman–Crippen MR) is 60.4 cm³/mol. The van der Waals surface area contributed by atoms with Gasteiger partial charge in [0, 0.05) is 5.92 Å². The fraction of sp³-hybridized carbons (Fsp3) is 0.545. The van der Waals surface area contributed by atoms with Gasteiger partial charge in [-0.25, -0.2) is 9.97 Å². The fourth-order valence-electron chi connectivity index (χ4n) is 2.40. The van der Waals surface area contributed by atoms with Crippen LogP contribution in [0, 0.1) is 0 Å². The molecular formula is C11H12ClN3O. The maximum atomic E-state index is 5.92. The molecule has 0 aromatic carbocycles. The molecule has 0 saturated heterocycles. The van der Waals surface area contributed by atoms with E-state index in [1.54, 1.807) is 0 Å². The van der Waals surface area contributed by atoms with E-state index < -0.39 is 0 Å². The van der Waals surface area contributed by atoms with Crippen LogP contribution in [0.2, 0.25) is 5.15 Å². The molecule has 0 spiro atoms. The van der Waals surface area contributed by atoms with Crippen LogP contribution in [0.5, 0.6) is 0 Å². The Morgan fingerprint density at radius 2 is 2.00 bits per heavy atom. The van der Waals surface area contributed by atoms with Crippen molar-refractivity contribution in [2.24, 2.45) is 0 Å². The highest BCUT2D eigenvalue weighted by molar-refractivity contribution is 6.33. The predicted octanol–water partition coefficient (Wildman–Crippen LogP) is 3.32. The Bertz CT molecular complexity index is 505. The molecule has 1 aliphatic rings.